The number of amides is 1. The Morgan fingerprint density at radius 1 is 1.03 bits per heavy atom. The van der Waals surface area contributed by atoms with Gasteiger partial charge in [-0.25, -0.2) is 0 Å². The van der Waals surface area contributed by atoms with Crippen LogP contribution >= 0.6 is 0 Å². The number of benzene rings is 2. The topological polar surface area (TPSA) is 70.1 Å². The summed E-state index contributed by atoms with van der Waals surface area (Å²) in [7, 11) is 3.95. The van der Waals surface area contributed by atoms with Crippen molar-refractivity contribution >= 4 is 17.4 Å². The van der Waals surface area contributed by atoms with Crippen LogP contribution in [-0.2, 0) is 16.0 Å². The Morgan fingerprint density at radius 3 is 2.27 bits per heavy atom. The van der Waals surface area contributed by atoms with Gasteiger partial charge in [0.2, 0.25) is 0 Å². The van der Waals surface area contributed by atoms with Gasteiger partial charge in [0.05, 0.1) is 18.2 Å². The molecule has 33 heavy (non-hydrogen) atoms. The largest absolute Gasteiger partial charge is 0.507 e. The van der Waals surface area contributed by atoms with E-state index in [9.17, 15) is 14.7 Å². The molecule has 176 valence electrons. The highest BCUT2D eigenvalue weighted by Crippen LogP contribution is 2.39. The average Bonchev–Trinajstić information content (AvgIpc) is 3.07. The minimum Gasteiger partial charge on any atom is -0.507 e. The first-order chi connectivity index (χ1) is 15.9. The van der Waals surface area contributed by atoms with Crippen molar-refractivity contribution in [2.24, 2.45) is 0 Å². The Kier molecular flexibility index (Phi) is 8.28. The summed E-state index contributed by atoms with van der Waals surface area (Å²) < 4.78 is 5.62. The second-order valence-electron chi connectivity index (χ2n) is 8.62. The number of hydrogen-bond acceptors (Lipinski definition) is 5. The molecule has 1 saturated heterocycles. The maximum Gasteiger partial charge on any atom is 0.295 e. The van der Waals surface area contributed by atoms with Crippen LogP contribution in [0, 0.1) is 0 Å². The molecule has 0 aliphatic carbocycles. The van der Waals surface area contributed by atoms with E-state index < -0.39 is 17.7 Å². The van der Waals surface area contributed by atoms with E-state index in [1.165, 1.54) is 5.56 Å². The van der Waals surface area contributed by atoms with Gasteiger partial charge in [-0.05, 0) is 75.3 Å². The van der Waals surface area contributed by atoms with Crippen LogP contribution in [0.2, 0.25) is 0 Å². The van der Waals surface area contributed by atoms with Gasteiger partial charge in [0.1, 0.15) is 11.5 Å². The van der Waals surface area contributed by atoms with Crippen molar-refractivity contribution < 1.29 is 19.4 Å². The number of Topliss-reactive ketones (excluding diaryl/α,β-unsaturated/α-hetero) is 1. The molecule has 1 atom stereocenters. The molecule has 0 radical (unpaired) electrons. The molecule has 0 bridgehead atoms. The zero-order chi connectivity index (χ0) is 24.0. The average molecular weight is 451 g/mol. The number of hydrogen-bond donors (Lipinski definition) is 1. The molecular weight excluding hydrogens is 416 g/mol. The van der Waals surface area contributed by atoms with E-state index in [-0.39, 0.29) is 11.3 Å². The zero-order valence-electron chi connectivity index (χ0n) is 20.0. The Hall–Kier alpha value is -3.12. The summed E-state index contributed by atoms with van der Waals surface area (Å²) in [4.78, 5) is 29.7. The molecule has 6 nitrogen and oxygen atoms in total. The fourth-order valence-electron chi connectivity index (χ4n) is 4.03. The number of aliphatic hydroxyl groups is 1. The number of aryl methyl sites for hydroxylation is 1. The van der Waals surface area contributed by atoms with E-state index >= 15 is 0 Å². The predicted molar refractivity (Wildman–Crippen MR) is 130 cm³/mol. The highest BCUT2D eigenvalue weighted by molar-refractivity contribution is 6.46. The molecular formula is C27H34N2O4. The molecule has 1 aliphatic rings. The first kappa shape index (κ1) is 24.5. The summed E-state index contributed by atoms with van der Waals surface area (Å²) in [6, 6.07) is 14.3. The maximum atomic E-state index is 13.1. The minimum absolute atomic E-state index is 0.135. The van der Waals surface area contributed by atoms with E-state index in [4.69, 9.17) is 4.74 Å². The smallest absolute Gasteiger partial charge is 0.295 e. The number of ketones is 1. The molecule has 0 saturated carbocycles. The standard InChI is InChI=1S/C27H34N2O4/c1-5-18-33-22-14-12-21(13-15-22)25(30)23-24(20-10-8-19(6-2)9-11-20)29(27(32)26(23)31)17-7-16-28(3)4/h8-15,24,30H,5-7,16-18H2,1-4H3/b25-23+. The van der Waals surface area contributed by atoms with E-state index in [1.807, 2.05) is 50.2 Å². The quantitative estimate of drug-likeness (QED) is 0.330. The fraction of sp³-hybridized carbons (Fsp3) is 0.407. The molecule has 6 heteroatoms. The van der Waals surface area contributed by atoms with Gasteiger partial charge >= 0.3 is 0 Å². The van der Waals surface area contributed by atoms with Crippen molar-refractivity contribution in [3.05, 3.63) is 70.8 Å². The lowest BCUT2D eigenvalue weighted by Crippen LogP contribution is -2.32. The molecule has 2 aromatic carbocycles. The predicted octanol–water partition coefficient (Wildman–Crippen LogP) is 4.41. The molecule has 1 aliphatic heterocycles. The lowest BCUT2D eigenvalue weighted by molar-refractivity contribution is -0.139. The Bertz CT molecular complexity index is 994. The van der Waals surface area contributed by atoms with E-state index in [0.717, 1.165) is 31.4 Å². The van der Waals surface area contributed by atoms with Crippen LogP contribution in [-0.4, -0.2) is 60.4 Å². The molecule has 1 heterocycles. The SMILES string of the molecule is CCCOc1ccc(/C(O)=C2\C(=O)C(=O)N(CCCN(C)C)C2c2ccc(CC)cc2)cc1. The molecule has 0 aromatic heterocycles. The fourth-order valence-corrected chi connectivity index (χ4v) is 4.03. The van der Waals surface area contributed by atoms with Crippen LogP contribution in [0.3, 0.4) is 0 Å². The highest BCUT2D eigenvalue weighted by Gasteiger charge is 2.45. The van der Waals surface area contributed by atoms with Crippen molar-refractivity contribution in [1.29, 1.82) is 0 Å². The number of likely N-dealkylation sites (tertiary alicyclic amines) is 1. The molecule has 2 aromatic rings. The lowest BCUT2D eigenvalue weighted by atomic mass is 9.94. The minimum atomic E-state index is -0.645. The van der Waals surface area contributed by atoms with Gasteiger partial charge in [0.25, 0.3) is 11.7 Å². The molecule has 1 N–H and O–H groups in total. The molecule has 1 amide bonds. The normalized spacial score (nSPS) is 17.7. The highest BCUT2D eigenvalue weighted by atomic mass is 16.5. The number of rotatable bonds is 10. The van der Waals surface area contributed by atoms with Gasteiger partial charge in [-0.2, -0.15) is 0 Å². The Labute approximate surface area is 196 Å². The van der Waals surface area contributed by atoms with Crippen molar-refractivity contribution in [2.45, 2.75) is 39.2 Å². The number of carbonyl (C=O) groups is 2. The molecule has 1 fully saturated rings. The summed E-state index contributed by atoms with van der Waals surface area (Å²) in [5.41, 5.74) is 2.61. The van der Waals surface area contributed by atoms with Gasteiger partial charge in [-0.3, -0.25) is 9.59 Å². The van der Waals surface area contributed by atoms with Crippen LogP contribution in [0.4, 0.5) is 0 Å². The first-order valence-corrected chi connectivity index (χ1v) is 11.6. The summed E-state index contributed by atoms with van der Waals surface area (Å²) in [5.74, 6) is -0.671. The molecule has 1 unspecified atom stereocenters. The number of nitrogens with zero attached hydrogens (tertiary/aromatic N) is 2. The van der Waals surface area contributed by atoms with Crippen molar-refractivity contribution in [3.8, 4) is 5.75 Å². The second-order valence-corrected chi connectivity index (χ2v) is 8.62. The van der Waals surface area contributed by atoms with Crippen LogP contribution in [0.5, 0.6) is 5.75 Å². The lowest BCUT2D eigenvalue weighted by Gasteiger charge is -2.26. The van der Waals surface area contributed by atoms with Crippen LogP contribution in [0.25, 0.3) is 5.76 Å². The van der Waals surface area contributed by atoms with Gasteiger partial charge in [0.15, 0.2) is 0 Å². The number of carbonyl (C=O) groups excluding carboxylic acids is 2. The van der Waals surface area contributed by atoms with Gasteiger partial charge in [-0.1, -0.05) is 38.1 Å². The molecule has 0 spiro atoms. The van der Waals surface area contributed by atoms with Crippen molar-refractivity contribution in [2.75, 3.05) is 33.8 Å². The summed E-state index contributed by atoms with van der Waals surface area (Å²) in [6.07, 6.45) is 2.53. The van der Waals surface area contributed by atoms with E-state index in [1.54, 1.807) is 29.2 Å². The number of ether oxygens (including phenoxy) is 1. The third kappa shape index (κ3) is 5.63. The third-order valence-corrected chi connectivity index (χ3v) is 5.85. The van der Waals surface area contributed by atoms with Gasteiger partial charge in [0, 0.05) is 12.1 Å². The second kappa shape index (κ2) is 11.1. The summed E-state index contributed by atoms with van der Waals surface area (Å²) >= 11 is 0. The van der Waals surface area contributed by atoms with E-state index in [0.29, 0.717) is 24.5 Å². The Balaban J connectivity index is 2.01. The van der Waals surface area contributed by atoms with Crippen LogP contribution in [0.15, 0.2) is 54.1 Å². The first-order valence-electron chi connectivity index (χ1n) is 11.6. The van der Waals surface area contributed by atoms with Gasteiger partial charge < -0.3 is 19.6 Å². The Morgan fingerprint density at radius 2 is 1.70 bits per heavy atom. The number of aliphatic hydroxyl groups excluding tert-OH is 1. The van der Waals surface area contributed by atoms with Crippen molar-refractivity contribution in [3.63, 3.8) is 0 Å². The monoisotopic (exact) mass is 450 g/mol. The van der Waals surface area contributed by atoms with Crippen LogP contribution in [0.1, 0.15) is 49.4 Å². The maximum absolute atomic E-state index is 13.1. The third-order valence-electron chi connectivity index (χ3n) is 5.85. The van der Waals surface area contributed by atoms with Crippen molar-refractivity contribution in [1.82, 2.24) is 9.80 Å². The van der Waals surface area contributed by atoms with Gasteiger partial charge in [-0.15, -0.1) is 0 Å². The van der Waals surface area contributed by atoms with E-state index in [2.05, 4.69) is 6.92 Å². The zero-order valence-corrected chi connectivity index (χ0v) is 20.0. The summed E-state index contributed by atoms with van der Waals surface area (Å²) in [5, 5.41) is 11.2. The summed E-state index contributed by atoms with van der Waals surface area (Å²) in [6.45, 7) is 5.95. The van der Waals surface area contributed by atoms with Crippen LogP contribution < -0.4 is 4.74 Å². The molecule has 3 rings (SSSR count).